The molecule has 3 fully saturated rings. The number of hydrogen-bond acceptors (Lipinski definition) is 5. The molecule has 1 atom stereocenters. The molecule has 0 N–H and O–H groups in total. The molecule has 4 rings (SSSR count). The maximum Gasteiger partial charge on any atom is 0.0959 e. The minimum Gasteiger partial charge on any atom is -0.381 e. The van der Waals surface area contributed by atoms with Gasteiger partial charge in [0.2, 0.25) is 0 Å². The van der Waals surface area contributed by atoms with E-state index in [1.165, 1.54) is 0 Å². The Bertz CT molecular complexity index is 553. The molecule has 3 saturated heterocycles. The maximum absolute atomic E-state index is 6.16. The lowest BCUT2D eigenvalue weighted by molar-refractivity contribution is -0.210. The van der Waals surface area contributed by atoms with Gasteiger partial charge in [0.25, 0.3) is 0 Å². The van der Waals surface area contributed by atoms with Gasteiger partial charge >= 0.3 is 0 Å². The third kappa shape index (κ3) is 3.64. The molecule has 0 bridgehead atoms. The van der Waals surface area contributed by atoms with E-state index < -0.39 is 0 Å². The lowest BCUT2D eigenvalue weighted by Gasteiger charge is -2.56. The van der Waals surface area contributed by atoms with Crippen molar-refractivity contribution in [1.29, 1.82) is 0 Å². The van der Waals surface area contributed by atoms with Gasteiger partial charge in [0.05, 0.1) is 24.0 Å². The van der Waals surface area contributed by atoms with Crippen LogP contribution in [0.2, 0.25) is 0 Å². The average Bonchev–Trinajstić information content (AvgIpc) is 2.59. The lowest BCUT2D eigenvalue weighted by Crippen LogP contribution is -2.68. The van der Waals surface area contributed by atoms with Gasteiger partial charge in [-0.3, -0.25) is 9.88 Å². The molecular formula is C19H28N2O3. The average molecular weight is 332 g/mol. The van der Waals surface area contributed by atoms with Crippen LogP contribution in [-0.2, 0) is 20.8 Å². The minimum atomic E-state index is 0.0290. The normalized spacial score (nSPS) is 28.0. The fraction of sp³-hybridized carbons (Fsp3) is 0.737. The van der Waals surface area contributed by atoms with E-state index in [0.29, 0.717) is 12.6 Å². The smallest absolute Gasteiger partial charge is 0.0959 e. The van der Waals surface area contributed by atoms with Gasteiger partial charge in [-0.05, 0) is 38.3 Å². The quantitative estimate of drug-likeness (QED) is 0.847. The molecule has 0 amide bonds. The Kier molecular flexibility index (Phi) is 4.86. The number of aryl methyl sites for hydroxylation is 1. The van der Waals surface area contributed by atoms with Crippen LogP contribution in [0.25, 0.3) is 0 Å². The highest BCUT2D eigenvalue weighted by molar-refractivity contribution is 5.09. The first kappa shape index (κ1) is 16.5. The second-order valence-electron chi connectivity index (χ2n) is 7.48. The molecule has 0 aliphatic carbocycles. The van der Waals surface area contributed by atoms with E-state index in [4.69, 9.17) is 14.2 Å². The van der Waals surface area contributed by atoms with Crippen LogP contribution in [0.5, 0.6) is 0 Å². The van der Waals surface area contributed by atoms with Gasteiger partial charge in [-0.1, -0.05) is 6.07 Å². The third-order valence-electron chi connectivity index (χ3n) is 5.55. The minimum absolute atomic E-state index is 0.0290. The number of rotatable bonds is 4. The molecule has 5 heteroatoms. The summed E-state index contributed by atoms with van der Waals surface area (Å²) in [7, 11) is 0. The van der Waals surface area contributed by atoms with Crippen LogP contribution >= 0.6 is 0 Å². The molecular weight excluding hydrogens is 304 g/mol. The van der Waals surface area contributed by atoms with Gasteiger partial charge in [0.1, 0.15) is 0 Å². The van der Waals surface area contributed by atoms with Crippen molar-refractivity contribution in [3.8, 4) is 0 Å². The molecule has 24 heavy (non-hydrogen) atoms. The summed E-state index contributed by atoms with van der Waals surface area (Å²) in [5, 5.41) is 0. The first-order chi connectivity index (χ1) is 11.7. The van der Waals surface area contributed by atoms with Crippen LogP contribution in [0.15, 0.2) is 18.2 Å². The second-order valence-corrected chi connectivity index (χ2v) is 7.48. The molecule has 5 nitrogen and oxygen atoms in total. The molecule has 0 saturated carbocycles. The fourth-order valence-electron chi connectivity index (χ4n) is 4.23. The molecule has 1 spiro atoms. The van der Waals surface area contributed by atoms with E-state index in [9.17, 15) is 0 Å². The van der Waals surface area contributed by atoms with Crippen molar-refractivity contribution < 1.29 is 14.2 Å². The van der Waals surface area contributed by atoms with Gasteiger partial charge in [0, 0.05) is 51.1 Å². The molecule has 1 aromatic heterocycles. The SMILES string of the molecule is Cc1cccc(COC2CCOC3(C2)CN(C2CCOCC2)C3)n1. The van der Waals surface area contributed by atoms with E-state index in [1.807, 2.05) is 25.1 Å². The summed E-state index contributed by atoms with van der Waals surface area (Å²) in [5.74, 6) is 0. The van der Waals surface area contributed by atoms with E-state index in [1.54, 1.807) is 0 Å². The zero-order valence-electron chi connectivity index (χ0n) is 14.6. The lowest BCUT2D eigenvalue weighted by atomic mass is 9.82. The van der Waals surface area contributed by atoms with E-state index >= 15 is 0 Å². The molecule has 0 radical (unpaired) electrons. The Morgan fingerprint density at radius 2 is 2.04 bits per heavy atom. The van der Waals surface area contributed by atoms with Crippen LogP contribution in [0, 0.1) is 6.92 Å². The van der Waals surface area contributed by atoms with E-state index in [2.05, 4.69) is 9.88 Å². The molecule has 3 aliphatic rings. The Morgan fingerprint density at radius 3 is 2.83 bits per heavy atom. The van der Waals surface area contributed by atoms with Crippen molar-refractivity contribution in [3.05, 3.63) is 29.6 Å². The van der Waals surface area contributed by atoms with Crippen LogP contribution < -0.4 is 0 Å². The summed E-state index contributed by atoms with van der Waals surface area (Å²) in [4.78, 5) is 7.10. The summed E-state index contributed by atoms with van der Waals surface area (Å²) >= 11 is 0. The van der Waals surface area contributed by atoms with Crippen molar-refractivity contribution in [2.24, 2.45) is 0 Å². The van der Waals surface area contributed by atoms with E-state index in [-0.39, 0.29) is 11.7 Å². The van der Waals surface area contributed by atoms with Crippen molar-refractivity contribution in [3.63, 3.8) is 0 Å². The zero-order valence-corrected chi connectivity index (χ0v) is 14.6. The first-order valence-corrected chi connectivity index (χ1v) is 9.22. The molecule has 132 valence electrons. The number of likely N-dealkylation sites (tertiary alicyclic amines) is 1. The van der Waals surface area contributed by atoms with Gasteiger partial charge in [0.15, 0.2) is 0 Å². The Hall–Kier alpha value is -1.01. The Morgan fingerprint density at radius 1 is 1.21 bits per heavy atom. The summed E-state index contributed by atoms with van der Waals surface area (Å²) in [6, 6.07) is 6.79. The monoisotopic (exact) mass is 332 g/mol. The number of pyridine rings is 1. The van der Waals surface area contributed by atoms with Crippen molar-refractivity contribution in [2.75, 3.05) is 32.9 Å². The predicted octanol–water partition coefficient (Wildman–Crippen LogP) is 2.32. The van der Waals surface area contributed by atoms with Crippen LogP contribution in [-0.4, -0.2) is 60.5 Å². The summed E-state index contributed by atoms with van der Waals surface area (Å²) < 4.78 is 17.8. The van der Waals surface area contributed by atoms with E-state index in [0.717, 1.165) is 70.0 Å². The Balaban J connectivity index is 1.27. The van der Waals surface area contributed by atoms with Crippen LogP contribution in [0.3, 0.4) is 0 Å². The first-order valence-electron chi connectivity index (χ1n) is 9.22. The standard InChI is InChI=1S/C19H28N2O3/c1-15-3-2-4-16(20-15)12-23-18-7-10-24-19(11-18)13-21(14-19)17-5-8-22-9-6-17/h2-4,17-18H,5-14H2,1H3. The van der Waals surface area contributed by atoms with Gasteiger partial charge in [-0.15, -0.1) is 0 Å². The molecule has 1 unspecified atom stereocenters. The zero-order chi connectivity index (χ0) is 16.4. The topological polar surface area (TPSA) is 43.8 Å². The van der Waals surface area contributed by atoms with Crippen LogP contribution in [0.4, 0.5) is 0 Å². The summed E-state index contributed by atoms with van der Waals surface area (Å²) in [6.07, 6.45) is 4.62. The number of aromatic nitrogens is 1. The maximum atomic E-state index is 6.16. The largest absolute Gasteiger partial charge is 0.381 e. The highest BCUT2D eigenvalue weighted by Gasteiger charge is 2.49. The highest BCUT2D eigenvalue weighted by Crippen LogP contribution is 2.38. The van der Waals surface area contributed by atoms with Crippen molar-refractivity contribution in [1.82, 2.24) is 9.88 Å². The van der Waals surface area contributed by atoms with Crippen molar-refractivity contribution >= 4 is 0 Å². The molecule has 3 aliphatic heterocycles. The summed E-state index contributed by atoms with van der Waals surface area (Å²) in [5.41, 5.74) is 2.10. The number of nitrogens with zero attached hydrogens (tertiary/aromatic N) is 2. The fourth-order valence-corrected chi connectivity index (χ4v) is 4.23. The predicted molar refractivity (Wildman–Crippen MR) is 90.9 cm³/mol. The van der Waals surface area contributed by atoms with Gasteiger partial charge in [-0.25, -0.2) is 0 Å². The van der Waals surface area contributed by atoms with Crippen LogP contribution in [0.1, 0.15) is 37.1 Å². The number of hydrogen-bond donors (Lipinski definition) is 0. The number of ether oxygens (including phenoxy) is 3. The highest BCUT2D eigenvalue weighted by atomic mass is 16.5. The summed E-state index contributed by atoms with van der Waals surface area (Å²) in [6.45, 7) is 7.36. The van der Waals surface area contributed by atoms with Gasteiger partial charge in [-0.2, -0.15) is 0 Å². The van der Waals surface area contributed by atoms with Crippen molar-refractivity contribution in [2.45, 2.75) is 57.0 Å². The molecule has 1 aromatic rings. The molecule has 0 aromatic carbocycles. The molecule has 4 heterocycles. The third-order valence-corrected chi connectivity index (χ3v) is 5.55. The second kappa shape index (κ2) is 7.08. The van der Waals surface area contributed by atoms with Gasteiger partial charge < -0.3 is 14.2 Å². The Labute approximate surface area is 144 Å².